The van der Waals surface area contributed by atoms with Gasteiger partial charge in [-0.25, -0.2) is 0 Å². The molecule has 5 aliphatic carbocycles. The van der Waals surface area contributed by atoms with E-state index in [9.17, 15) is 0 Å². The van der Waals surface area contributed by atoms with Crippen molar-refractivity contribution < 1.29 is 0 Å². The molecular weight excluding hydrogens is 256 g/mol. The fourth-order valence-corrected chi connectivity index (χ4v) is 7.45. The second-order valence-corrected chi connectivity index (χ2v) is 9.49. The fraction of sp³-hybridized carbons (Fsp3) is 1.00. The SMILES string of the molecule is CC1CNC2(CCCC2)CN1C12CC3CC(CC(C3)C1)C2. The second kappa shape index (κ2) is 4.47. The van der Waals surface area contributed by atoms with Gasteiger partial charge in [0.15, 0.2) is 0 Å². The Kier molecular flexibility index (Phi) is 2.85. The zero-order valence-corrected chi connectivity index (χ0v) is 13.7. The highest BCUT2D eigenvalue weighted by Crippen LogP contribution is 2.58. The molecule has 1 saturated heterocycles. The highest BCUT2D eigenvalue weighted by Gasteiger charge is 2.56. The maximum Gasteiger partial charge on any atom is 0.0309 e. The predicted octanol–water partition coefficient (Wildman–Crippen LogP) is 3.56. The van der Waals surface area contributed by atoms with Crippen LogP contribution in [-0.2, 0) is 0 Å². The lowest BCUT2D eigenvalue weighted by Crippen LogP contribution is -2.71. The molecule has 1 unspecified atom stereocenters. The topological polar surface area (TPSA) is 15.3 Å². The molecule has 0 aromatic rings. The van der Waals surface area contributed by atoms with Gasteiger partial charge in [-0.3, -0.25) is 4.90 Å². The molecule has 2 nitrogen and oxygen atoms in total. The van der Waals surface area contributed by atoms with Crippen molar-refractivity contribution in [3.63, 3.8) is 0 Å². The molecule has 6 rings (SSSR count). The Balaban J connectivity index is 1.45. The zero-order valence-electron chi connectivity index (χ0n) is 13.7. The van der Waals surface area contributed by atoms with Gasteiger partial charge in [0.2, 0.25) is 0 Å². The molecule has 1 aliphatic heterocycles. The summed E-state index contributed by atoms with van der Waals surface area (Å²) < 4.78 is 0. The summed E-state index contributed by atoms with van der Waals surface area (Å²) in [6.07, 6.45) is 15.1. The van der Waals surface area contributed by atoms with Crippen LogP contribution in [0.25, 0.3) is 0 Å². The highest BCUT2D eigenvalue weighted by atomic mass is 15.3. The molecule has 1 spiro atoms. The van der Waals surface area contributed by atoms with Crippen LogP contribution < -0.4 is 5.32 Å². The van der Waals surface area contributed by atoms with Crippen LogP contribution in [0.3, 0.4) is 0 Å². The maximum absolute atomic E-state index is 3.96. The minimum absolute atomic E-state index is 0.496. The van der Waals surface area contributed by atoms with Gasteiger partial charge in [-0.1, -0.05) is 12.8 Å². The molecular formula is C19H32N2. The standard InChI is InChI=1S/C19H32N2/c1-14-12-20-18(4-2-3-5-18)13-21(14)19-9-15-6-16(10-19)8-17(7-15)11-19/h14-17,20H,2-13H2,1H3. The molecule has 4 bridgehead atoms. The fourth-order valence-electron chi connectivity index (χ4n) is 7.45. The number of hydrogen-bond donors (Lipinski definition) is 1. The normalized spacial score (nSPS) is 51.9. The summed E-state index contributed by atoms with van der Waals surface area (Å²) >= 11 is 0. The third kappa shape index (κ3) is 1.97. The average Bonchev–Trinajstić information content (AvgIpc) is 2.89. The van der Waals surface area contributed by atoms with E-state index in [4.69, 9.17) is 0 Å². The minimum Gasteiger partial charge on any atom is -0.308 e. The van der Waals surface area contributed by atoms with Gasteiger partial charge < -0.3 is 5.32 Å². The van der Waals surface area contributed by atoms with Crippen LogP contribution in [0.15, 0.2) is 0 Å². The Morgan fingerprint density at radius 1 is 0.905 bits per heavy atom. The largest absolute Gasteiger partial charge is 0.308 e. The Bertz CT molecular complexity index is 388. The van der Waals surface area contributed by atoms with E-state index < -0.39 is 0 Å². The van der Waals surface area contributed by atoms with Crippen molar-refractivity contribution in [2.24, 2.45) is 17.8 Å². The van der Waals surface area contributed by atoms with Gasteiger partial charge in [0.05, 0.1) is 0 Å². The molecule has 21 heavy (non-hydrogen) atoms. The molecule has 2 heteroatoms. The van der Waals surface area contributed by atoms with Crippen LogP contribution >= 0.6 is 0 Å². The number of piperazine rings is 1. The molecule has 6 fully saturated rings. The van der Waals surface area contributed by atoms with Crippen molar-refractivity contribution >= 4 is 0 Å². The summed E-state index contributed by atoms with van der Waals surface area (Å²) in [5.41, 5.74) is 1.11. The van der Waals surface area contributed by atoms with Crippen molar-refractivity contribution in [2.45, 2.75) is 88.3 Å². The second-order valence-electron chi connectivity index (χ2n) is 9.49. The Labute approximate surface area is 130 Å². The first-order chi connectivity index (χ1) is 10.2. The molecule has 118 valence electrons. The number of nitrogens with zero attached hydrogens (tertiary/aromatic N) is 1. The monoisotopic (exact) mass is 288 g/mol. The van der Waals surface area contributed by atoms with Crippen LogP contribution in [0.1, 0.15) is 71.1 Å². The van der Waals surface area contributed by atoms with Crippen LogP contribution in [-0.4, -0.2) is 35.1 Å². The number of hydrogen-bond acceptors (Lipinski definition) is 2. The summed E-state index contributed by atoms with van der Waals surface area (Å²) in [5.74, 6) is 3.24. The van der Waals surface area contributed by atoms with Crippen LogP contribution in [0.2, 0.25) is 0 Å². The third-order valence-electron chi connectivity index (χ3n) is 7.95. The van der Waals surface area contributed by atoms with E-state index in [-0.39, 0.29) is 0 Å². The molecule has 6 aliphatic rings. The van der Waals surface area contributed by atoms with Crippen molar-refractivity contribution in [1.82, 2.24) is 10.2 Å². The molecule has 0 amide bonds. The molecule has 0 aromatic carbocycles. The van der Waals surface area contributed by atoms with E-state index in [2.05, 4.69) is 17.1 Å². The maximum atomic E-state index is 3.96. The minimum atomic E-state index is 0.496. The Hall–Kier alpha value is -0.0800. The first kappa shape index (κ1) is 13.4. The third-order valence-corrected chi connectivity index (χ3v) is 7.95. The zero-order chi connectivity index (χ0) is 14.1. The van der Waals surface area contributed by atoms with Gasteiger partial charge in [-0.2, -0.15) is 0 Å². The van der Waals surface area contributed by atoms with Crippen LogP contribution in [0.5, 0.6) is 0 Å². The molecule has 1 atom stereocenters. The molecule has 5 saturated carbocycles. The quantitative estimate of drug-likeness (QED) is 0.793. The van der Waals surface area contributed by atoms with Gasteiger partial charge in [-0.05, 0) is 76.0 Å². The van der Waals surface area contributed by atoms with Crippen LogP contribution in [0.4, 0.5) is 0 Å². The lowest BCUT2D eigenvalue weighted by Gasteiger charge is -2.64. The predicted molar refractivity (Wildman–Crippen MR) is 86.3 cm³/mol. The molecule has 0 aromatic heterocycles. The Morgan fingerprint density at radius 3 is 2.05 bits per heavy atom. The van der Waals surface area contributed by atoms with E-state index in [1.807, 2.05) is 0 Å². The van der Waals surface area contributed by atoms with E-state index >= 15 is 0 Å². The lowest BCUT2D eigenvalue weighted by molar-refractivity contribution is -0.120. The Morgan fingerprint density at radius 2 is 1.48 bits per heavy atom. The summed E-state index contributed by atoms with van der Waals surface area (Å²) in [5, 5.41) is 3.96. The van der Waals surface area contributed by atoms with Crippen LogP contribution in [0, 0.1) is 17.8 Å². The van der Waals surface area contributed by atoms with Gasteiger partial charge >= 0.3 is 0 Å². The summed E-state index contributed by atoms with van der Waals surface area (Å²) in [7, 11) is 0. The smallest absolute Gasteiger partial charge is 0.0309 e. The average molecular weight is 288 g/mol. The van der Waals surface area contributed by atoms with Crippen molar-refractivity contribution in [1.29, 1.82) is 0 Å². The first-order valence-corrected chi connectivity index (χ1v) is 9.68. The molecule has 0 radical (unpaired) electrons. The van der Waals surface area contributed by atoms with Crippen molar-refractivity contribution in [3.8, 4) is 0 Å². The van der Waals surface area contributed by atoms with Gasteiger partial charge in [0.25, 0.3) is 0 Å². The number of rotatable bonds is 1. The van der Waals surface area contributed by atoms with E-state index in [1.54, 1.807) is 38.5 Å². The summed E-state index contributed by atoms with van der Waals surface area (Å²) in [6, 6.07) is 0.757. The van der Waals surface area contributed by atoms with Crippen molar-refractivity contribution in [2.75, 3.05) is 13.1 Å². The van der Waals surface area contributed by atoms with Gasteiger partial charge in [-0.15, -0.1) is 0 Å². The lowest BCUT2D eigenvalue weighted by atomic mass is 9.52. The first-order valence-electron chi connectivity index (χ1n) is 9.68. The van der Waals surface area contributed by atoms with E-state index in [0.29, 0.717) is 11.1 Å². The number of nitrogens with one attached hydrogen (secondary N) is 1. The summed E-state index contributed by atoms with van der Waals surface area (Å²) in [4.78, 5) is 3.04. The van der Waals surface area contributed by atoms with E-state index in [1.165, 1.54) is 38.8 Å². The molecule has 1 N–H and O–H groups in total. The molecule has 1 heterocycles. The van der Waals surface area contributed by atoms with Crippen molar-refractivity contribution in [3.05, 3.63) is 0 Å². The summed E-state index contributed by atoms with van der Waals surface area (Å²) in [6.45, 7) is 5.09. The highest BCUT2D eigenvalue weighted by molar-refractivity contribution is 5.12. The van der Waals surface area contributed by atoms with E-state index in [0.717, 1.165) is 23.8 Å². The van der Waals surface area contributed by atoms with Gasteiger partial charge in [0, 0.05) is 30.2 Å². The van der Waals surface area contributed by atoms with Gasteiger partial charge in [0.1, 0.15) is 0 Å².